The van der Waals surface area contributed by atoms with Gasteiger partial charge in [0.25, 0.3) is 0 Å². The fraction of sp³-hybridized carbons (Fsp3) is 0.462. The molecule has 0 aliphatic rings. The summed E-state index contributed by atoms with van der Waals surface area (Å²) in [6, 6.07) is 5.52. The molecule has 6 heteroatoms. The molecule has 0 unspecified atom stereocenters. The van der Waals surface area contributed by atoms with E-state index in [-0.39, 0.29) is 0 Å². The third-order valence-electron chi connectivity index (χ3n) is 2.65. The van der Waals surface area contributed by atoms with Crippen LogP contribution in [0, 0.1) is 0 Å². The van der Waals surface area contributed by atoms with Crippen molar-refractivity contribution in [1.29, 1.82) is 0 Å². The topological polar surface area (TPSA) is 71.7 Å². The first-order valence-corrected chi connectivity index (χ1v) is 6.67. The fourth-order valence-corrected chi connectivity index (χ4v) is 1.80. The van der Waals surface area contributed by atoms with Crippen LogP contribution in [0.15, 0.2) is 23.2 Å². The smallest absolute Gasteiger partial charge is 0.206 e. The second-order valence-electron chi connectivity index (χ2n) is 4.01. The van der Waals surface area contributed by atoms with E-state index in [1.165, 1.54) is 0 Å². The average molecular weight is 285 g/mol. The summed E-state index contributed by atoms with van der Waals surface area (Å²) >= 11 is 6.14. The molecule has 0 radical (unpaired) electrons. The van der Waals surface area contributed by atoms with E-state index in [0.717, 1.165) is 30.7 Å². The zero-order valence-corrected chi connectivity index (χ0v) is 12.1. The highest BCUT2D eigenvalue weighted by molar-refractivity contribution is 6.31. The van der Waals surface area contributed by atoms with Gasteiger partial charge in [-0.15, -0.1) is 0 Å². The SMILES string of the molecule is CCCCNC(=NCc1c(Cl)cccc1OC)NN. The Morgan fingerprint density at radius 2 is 2.26 bits per heavy atom. The Hall–Kier alpha value is -1.46. The summed E-state index contributed by atoms with van der Waals surface area (Å²) in [5, 5.41) is 3.76. The van der Waals surface area contributed by atoms with E-state index in [1.54, 1.807) is 7.11 Å². The van der Waals surface area contributed by atoms with Crippen LogP contribution in [0.25, 0.3) is 0 Å². The monoisotopic (exact) mass is 284 g/mol. The molecule has 5 nitrogen and oxygen atoms in total. The molecule has 1 aromatic rings. The summed E-state index contributed by atoms with van der Waals surface area (Å²) in [4.78, 5) is 4.36. The lowest BCUT2D eigenvalue weighted by Crippen LogP contribution is -2.42. The predicted octanol–water partition coefficient (Wildman–Crippen LogP) is 2.06. The van der Waals surface area contributed by atoms with E-state index >= 15 is 0 Å². The van der Waals surface area contributed by atoms with Gasteiger partial charge in [0.05, 0.1) is 13.7 Å². The number of nitrogens with one attached hydrogen (secondary N) is 2. The molecule has 1 aromatic carbocycles. The second-order valence-corrected chi connectivity index (χ2v) is 4.42. The zero-order chi connectivity index (χ0) is 14.1. The molecule has 0 aromatic heterocycles. The normalized spacial score (nSPS) is 11.3. The van der Waals surface area contributed by atoms with Crippen molar-refractivity contribution in [3.63, 3.8) is 0 Å². The van der Waals surface area contributed by atoms with Crippen molar-refractivity contribution < 1.29 is 4.74 Å². The zero-order valence-electron chi connectivity index (χ0n) is 11.4. The molecule has 106 valence electrons. The van der Waals surface area contributed by atoms with Gasteiger partial charge in [0, 0.05) is 17.1 Å². The van der Waals surface area contributed by atoms with Crippen LogP contribution < -0.4 is 21.3 Å². The van der Waals surface area contributed by atoms with Gasteiger partial charge in [-0.25, -0.2) is 10.8 Å². The van der Waals surface area contributed by atoms with Gasteiger partial charge in [0.2, 0.25) is 5.96 Å². The van der Waals surface area contributed by atoms with Gasteiger partial charge < -0.3 is 10.1 Å². The van der Waals surface area contributed by atoms with E-state index in [2.05, 4.69) is 22.7 Å². The van der Waals surface area contributed by atoms with Crippen LogP contribution in [0.4, 0.5) is 0 Å². The maximum atomic E-state index is 6.14. The first-order valence-electron chi connectivity index (χ1n) is 6.29. The van der Waals surface area contributed by atoms with Crippen LogP contribution >= 0.6 is 11.6 Å². The highest BCUT2D eigenvalue weighted by atomic mass is 35.5. The Bertz CT molecular complexity index is 423. The molecule has 0 bridgehead atoms. The number of hydrazine groups is 1. The van der Waals surface area contributed by atoms with E-state index in [1.807, 2.05) is 18.2 Å². The molecule has 0 spiro atoms. The molecule has 0 saturated heterocycles. The lowest BCUT2D eigenvalue weighted by atomic mass is 10.2. The van der Waals surface area contributed by atoms with Gasteiger partial charge >= 0.3 is 0 Å². The van der Waals surface area contributed by atoms with Crippen molar-refractivity contribution in [2.75, 3.05) is 13.7 Å². The summed E-state index contributed by atoms with van der Waals surface area (Å²) in [5.74, 6) is 6.69. The quantitative estimate of drug-likeness (QED) is 0.246. The van der Waals surface area contributed by atoms with E-state index in [4.69, 9.17) is 22.2 Å². The van der Waals surface area contributed by atoms with Crippen LogP contribution in [0.5, 0.6) is 5.75 Å². The Balaban J connectivity index is 2.72. The van der Waals surface area contributed by atoms with Gasteiger partial charge in [-0.1, -0.05) is 31.0 Å². The minimum absolute atomic E-state index is 0.404. The molecular formula is C13H21ClN4O. The third-order valence-corrected chi connectivity index (χ3v) is 3.00. The largest absolute Gasteiger partial charge is 0.496 e. The first kappa shape index (κ1) is 15.6. The van der Waals surface area contributed by atoms with E-state index in [0.29, 0.717) is 17.5 Å². The maximum absolute atomic E-state index is 6.14. The highest BCUT2D eigenvalue weighted by Crippen LogP contribution is 2.26. The van der Waals surface area contributed by atoms with Crippen LogP contribution in [-0.2, 0) is 6.54 Å². The molecule has 0 amide bonds. The van der Waals surface area contributed by atoms with Gasteiger partial charge in [0.1, 0.15) is 5.75 Å². The molecule has 0 saturated carbocycles. The van der Waals surface area contributed by atoms with Gasteiger partial charge in [-0.05, 0) is 18.6 Å². The minimum atomic E-state index is 0.404. The summed E-state index contributed by atoms with van der Waals surface area (Å²) in [7, 11) is 1.61. The fourth-order valence-electron chi connectivity index (χ4n) is 1.58. The van der Waals surface area contributed by atoms with E-state index < -0.39 is 0 Å². The van der Waals surface area contributed by atoms with E-state index in [9.17, 15) is 0 Å². The van der Waals surface area contributed by atoms with Crippen LogP contribution in [-0.4, -0.2) is 19.6 Å². The van der Waals surface area contributed by atoms with Gasteiger partial charge in [-0.3, -0.25) is 5.43 Å². The number of methoxy groups -OCH3 is 1. The van der Waals surface area contributed by atoms with Crippen LogP contribution in [0.2, 0.25) is 5.02 Å². The number of rotatable bonds is 6. The highest BCUT2D eigenvalue weighted by Gasteiger charge is 2.07. The number of nitrogens with zero attached hydrogens (tertiary/aromatic N) is 1. The predicted molar refractivity (Wildman–Crippen MR) is 79.4 cm³/mol. The number of unbranched alkanes of at least 4 members (excludes halogenated alkanes) is 1. The Labute approximate surface area is 119 Å². The summed E-state index contributed by atoms with van der Waals surface area (Å²) < 4.78 is 5.26. The number of ether oxygens (including phenoxy) is 1. The van der Waals surface area contributed by atoms with Crippen molar-refractivity contribution in [3.05, 3.63) is 28.8 Å². The Kier molecular flexibility index (Phi) is 7.07. The van der Waals surface area contributed by atoms with Crippen LogP contribution in [0.1, 0.15) is 25.3 Å². The number of benzene rings is 1. The molecule has 19 heavy (non-hydrogen) atoms. The number of halogens is 1. The van der Waals surface area contributed by atoms with Gasteiger partial charge in [0.15, 0.2) is 0 Å². The molecule has 4 N–H and O–H groups in total. The molecule has 0 aliphatic carbocycles. The Morgan fingerprint density at radius 3 is 2.89 bits per heavy atom. The lowest BCUT2D eigenvalue weighted by Gasteiger charge is -2.11. The van der Waals surface area contributed by atoms with Crippen molar-refractivity contribution in [2.24, 2.45) is 10.8 Å². The standard InChI is InChI=1S/C13H21ClN4O/c1-3-4-8-16-13(18-15)17-9-10-11(14)6-5-7-12(10)19-2/h5-7H,3-4,8-9,15H2,1-2H3,(H2,16,17,18). The molecule has 0 heterocycles. The number of aliphatic imine (C=N–C) groups is 1. The van der Waals surface area contributed by atoms with Crippen molar-refractivity contribution in [2.45, 2.75) is 26.3 Å². The number of hydrogen-bond acceptors (Lipinski definition) is 3. The number of nitrogens with two attached hydrogens (primary N) is 1. The minimum Gasteiger partial charge on any atom is -0.496 e. The third kappa shape index (κ3) is 4.96. The van der Waals surface area contributed by atoms with Gasteiger partial charge in [-0.2, -0.15) is 0 Å². The van der Waals surface area contributed by atoms with Crippen LogP contribution in [0.3, 0.4) is 0 Å². The summed E-state index contributed by atoms with van der Waals surface area (Å²) in [6.07, 6.45) is 2.18. The Morgan fingerprint density at radius 1 is 1.47 bits per heavy atom. The molecule has 0 atom stereocenters. The summed E-state index contributed by atoms with van der Waals surface area (Å²) in [6.45, 7) is 3.36. The second kappa shape index (κ2) is 8.61. The van der Waals surface area contributed by atoms with Crippen molar-refractivity contribution in [3.8, 4) is 5.75 Å². The summed E-state index contributed by atoms with van der Waals surface area (Å²) in [5.41, 5.74) is 3.39. The average Bonchev–Trinajstić information content (AvgIpc) is 2.43. The molecule has 0 fully saturated rings. The number of guanidine groups is 1. The first-order chi connectivity index (χ1) is 9.22. The lowest BCUT2D eigenvalue weighted by molar-refractivity contribution is 0.410. The maximum Gasteiger partial charge on any atom is 0.206 e. The molecule has 0 aliphatic heterocycles. The number of hydrogen-bond donors (Lipinski definition) is 3. The molecule has 1 rings (SSSR count). The van der Waals surface area contributed by atoms with Crippen molar-refractivity contribution >= 4 is 17.6 Å². The van der Waals surface area contributed by atoms with Crippen molar-refractivity contribution in [1.82, 2.24) is 10.7 Å². The molecular weight excluding hydrogens is 264 g/mol.